The molecule has 9 heavy (non-hydrogen) atoms. The van der Waals surface area contributed by atoms with Crippen molar-refractivity contribution in [3.8, 4) is 5.75 Å². The number of hydrogen-bond acceptors (Lipinski definition) is 1. The molecule has 1 heteroatoms. The van der Waals surface area contributed by atoms with Gasteiger partial charge in [0.25, 0.3) is 0 Å². The minimum Gasteiger partial charge on any atom is -0.493 e. The number of rotatable bonds is 0. The molecule has 46 valence electrons. The summed E-state index contributed by atoms with van der Waals surface area (Å²) in [4.78, 5) is 0. The summed E-state index contributed by atoms with van der Waals surface area (Å²) in [6.07, 6.45) is 0.732. The van der Waals surface area contributed by atoms with Crippen LogP contribution in [0.3, 0.4) is 0 Å². The summed E-state index contributed by atoms with van der Waals surface area (Å²) in [6.45, 7) is -0.377. The van der Waals surface area contributed by atoms with Gasteiger partial charge in [0.1, 0.15) is 5.75 Å². The summed E-state index contributed by atoms with van der Waals surface area (Å²) in [6, 6.07) is 7.81. The molecule has 0 radical (unpaired) electrons. The predicted molar refractivity (Wildman–Crippen MR) is 35.6 cm³/mol. The largest absolute Gasteiger partial charge is 0.493 e. The van der Waals surface area contributed by atoms with Crippen LogP contribution in [0.25, 0.3) is 0 Å². The lowest BCUT2D eigenvalue weighted by Crippen LogP contribution is -1.85. The highest BCUT2D eigenvalue weighted by molar-refractivity contribution is 5.35. The van der Waals surface area contributed by atoms with Crippen molar-refractivity contribution >= 4 is 0 Å². The third-order valence-electron chi connectivity index (χ3n) is 1.49. The number of aryl methyl sites for hydroxylation is 1. The van der Waals surface area contributed by atoms with Crippen molar-refractivity contribution in [1.29, 1.82) is 0 Å². The molecule has 0 saturated heterocycles. The Morgan fingerprint density at radius 1 is 1.44 bits per heavy atom. The van der Waals surface area contributed by atoms with Gasteiger partial charge in [0.2, 0.25) is 0 Å². The fourth-order valence-electron chi connectivity index (χ4n) is 1.01. The lowest BCUT2D eigenvalue weighted by Gasteiger charge is -1.93. The fourth-order valence-corrected chi connectivity index (χ4v) is 1.01. The summed E-state index contributed by atoms with van der Waals surface area (Å²) in [5, 5.41) is 0. The molecule has 0 saturated carbocycles. The fraction of sp³-hybridized carbons (Fsp3) is 0.250. The quantitative estimate of drug-likeness (QED) is 0.506. The van der Waals surface area contributed by atoms with Gasteiger partial charge in [0.05, 0.1) is 7.95 Å². The Balaban J connectivity index is 2.42. The molecule has 0 spiro atoms. The van der Waals surface area contributed by atoms with E-state index < -0.39 is 0 Å². The lowest BCUT2D eigenvalue weighted by atomic mass is 10.2. The van der Waals surface area contributed by atoms with Gasteiger partial charge in [-0.15, -0.1) is 0 Å². The minimum atomic E-state index is -0.377. The molecule has 1 nitrogen and oxygen atoms in total. The smallest absolute Gasteiger partial charge is 0.122 e. The molecule has 1 aromatic rings. The molecule has 0 amide bonds. The average Bonchev–Trinajstić information content (AvgIpc) is 2.27. The van der Waals surface area contributed by atoms with Gasteiger partial charge < -0.3 is 4.74 Å². The first-order valence-electron chi connectivity index (χ1n) is 3.61. The summed E-state index contributed by atoms with van der Waals surface area (Å²) >= 11 is 0. The van der Waals surface area contributed by atoms with Crippen molar-refractivity contribution in [2.24, 2.45) is 0 Å². The van der Waals surface area contributed by atoms with Crippen LogP contribution in [0.1, 0.15) is 6.93 Å². The second-order valence-electron chi connectivity index (χ2n) is 2.10. The maximum absolute atomic E-state index is 7.30. The Morgan fingerprint density at radius 2 is 2.33 bits per heavy atom. The lowest BCUT2D eigenvalue weighted by molar-refractivity contribution is 0.357. The van der Waals surface area contributed by atoms with Crippen LogP contribution >= 0.6 is 0 Å². The molecule has 0 aliphatic carbocycles. The van der Waals surface area contributed by atoms with E-state index >= 15 is 0 Å². The van der Waals surface area contributed by atoms with Crippen LogP contribution in [0.5, 0.6) is 5.75 Å². The Hall–Kier alpha value is -0.980. The second kappa shape index (κ2) is 1.76. The zero-order chi connectivity index (χ0) is 6.97. The number of hydrogen-bond donors (Lipinski definition) is 0. The van der Waals surface area contributed by atoms with Crippen molar-refractivity contribution in [2.75, 3.05) is 6.58 Å². The second-order valence-corrected chi connectivity index (χ2v) is 2.10. The van der Waals surface area contributed by atoms with Gasteiger partial charge in [-0.3, -0.25) is 0 Å². The third kappa shape index (κ3) is 0.689. The first kappa shape index (κ1) is 3.94. The van der Waals surface area contributed by atoms with E-state index in [-0.39, 0.29) is 6.58 Å². The van der Waals surface area contributed by atoms with E-state index in [2.05, 4.69) is 0 Å². The minimum absolute atomic E-state index is 0.377. The molecule has 0 bridgehead atoms. The summed E-state index contributed by atoms with van der Waals surface area (Å²) in [5.41, 5.74) is 1.16. The van der Waals surface area contributed by atoms with Gasteiger partial charge in [0.15, 0.2) is 0 Å². The van der Waals surface area contributed by atoms with E-state index in [9.17, 15) is 0 Å². The van der Waals surface area contributed by atoms with Crippen LogP contribution in [0.15, 0.2) is 24.3 Å². The Bertz CT molecular complexity index is 222. The molecule has 0 aromatic heterocycles. The molecule has 1 aromatic carbocycles. The SMILES string of the molecule is [2H]C1Cc2ccccc2O1. The third-order valence-corrected chi connectivity index (χ3v) is 1.49. The van der Waals surface area contributed by atoms with Gasteiger partial charge in [-0.25, -0.2) is 0 Å². The van der Waals surface area contributed by atoms with Crippen LogP contribution in [0, 0.1) is 0 Å². The summed E-state index contributed by atoms with van der Waals surface area (Å²) in [7, 11) is 0. The van der Waals surface area contributed by atoms with Gasteiger partial charge in [-0.05, 0) is 11.6 Å². The van der Waals surface area contributed by atoms with Gasteiger partial charge in [-0.2, -0.15) is 0 Å². The molecule has 1 heterocycles. The number of fused-ring (bicyclic) bond motifs is 1. The number of para-hydroxylation sites is 1. The van der Waals surface area contributed by atoms with Crippen molar-refractivity contribution < 1.29 is 6.11 Å². The molecule has 0 fully saturated rings. The average molecular weight is 121 g/mol. The molecule has 1 unspecified atom stereocenters. The molecule has 1 aliphatic heterocycles. The summed E-state index contributed by atoms with van der Waals surface area (Å²) < 4.78 is 12.5. The van der Waals surface area contributed by atoms with Crippen molar-refractivity contribution in [3.05, 3.63) is 29.8 Å². The molecule has 1 atom stereocenters. The van der Waals surface area contributed by atoms with E-state index in [0.717, 1.165) is 17.7 Å². The highest BCUT2D eigenvalue weighted by atomic mass is 16.5. The van der Waals surface area contributed by atoms with Gasteiger partial charge in [-0.1, -0.05) is 18.2 Å². The molecule has 0 N–H and O–H groups in total. The van der Waals surface area contributed by atoms with Gasteiger partial charge >= 0.3 is 0 Å². The first-order valence-corrected chi connectivity index (χ1v) is 3.03. The first-order chi connectivity index (χ1) is 4.86. The molecular formula is C8H8O. The number of ether oxygens (including phenoxy) is 1. The van der Waals surface area contributed by atoms with E-state index in [0.29, 0.717) is 0 Å². The zero-order valence-electron chi connectivity index (χ0n) is 6.00. The zero-order valence-corrected chi connectivity index (χ0v) is 5.00. The molecular weight excluding hydrogens is 112 g/mol. The van der Waals surface area contributed by atoms with Crippen LogP contribution in [0.2, 0.25) is 0 Å². The Morgan fingerprint density at radius 3 is 3.22 bits per heavy atom. The van der Waals surface area contributed by atoms with E-state index in [1.165, 1.54) is 0 Å². The highest BCUT2D eigenvalue weighted by Gasteiger charge is 2.08. The Kier molecular flexibility index (Phi) is 0.770. The van der Waals surface area contributed by atoms with Crippen molar-refractivity contribution in [2.45, 2.75) is 6.42 Å². The standard InChI is InChI=1S/C8H8O/c1-2-4-8-7(3-1)5-6-9-8/h1-4H,5-6H2/i6D. The van der Waals surface area contributed by atoms with Crippen LogP contribution in [-0.4, -0.2) is 6.58 Å². The molecule has 2 rings (SSSR count). The maximum Gasteiger partial charge on any atom is 0.122 e. The van der Waals surface area contributed by atoms with Crippen molar-refractivity contribution in [1.82, 2.24) is 0 Å². The van der Waals surface area contributed by atoms with Crippen molar-refractivity contribution in [3.63, 3.8) is 0 Å². The topological polar surface area (TPSA) is 9.23 Å². The Labute approximate surface area is 55.7 Å². The molecule has 1 aliphatic rings. The normalized spacial score (nSPS) is 24.4. The van der Waals surface area contributed by atoms with Gasteiger partial charge in [0, 0.05) is 6.42 Å². The van der Waals surface area contributed by atoms with E-state index in [1.807, 2.05) is 24.3 Å². The van der Waals surface area contributed by atoms with Crippen LogP contribution in [0.4, 0.5) is 0 Å². The van der Waals surface area contributed by atoms with E-state index in [4.69, 9.17) is 6.11 Å². The van der Waals surface area contributed by atoms with Crippen LogP contribution < -0.4 is 4.74 Å². The van der Waals surface area contributed by atoms with Crippen LogP contribution in [-0.2, 0) is 6.42 Å². The highest BCUT2D eigenvalue weighted by Crippen LogP contribution is 2.23. The maximum atomic E-state index is 7.30. The van der Waals surface area contributed by atoms with E-state index in [1.54, 1.807) is 0 Å². The monoisotopic (exact) mass is 121 g/mol. The summed E-state index contributed by atoms with van der Waals surface area (Å²) in [5.74, 6) is 0.877. The number of benzene rings is 1. The predicted octanol–water partition coefficient (Wildman–Crippen LogP) is 1.62.